The summed E-state index contributed by atoms with van der Waals surface area (Å²) in [5.74, 6) is 0.202. The van der Waals surface area contributed by atoms with Crippen LogP contribution in [-0.4, -0.2) is 27.4 Å². The molecule has 0 aromatic carbocycles. The van der Waals surface area contributed by atoms with Crippen LogP contribution in [0.4, 0.5) is 5.82 Å². The molecular formula is C9H15N3O3S. The number of nitrogen functional groups attached to an aromatic ring is 1. The fourth-order valence-electron chi connectivity index (χ4n) is 1.67. The Balaban J connectivity index is 0.00000128. The molecule has 0 saturated carbocycles. The maximum atomic E-state index is 11.5. The lowest BCUT2D eigenvalue weighted by atomic mass is 10.2. The fourth-order valence-corrected chi connectivity index (χ4v) is 1.67. The standard InChI is InChI=1S/C9H13N3O3.H2S/c10-7-3-4-12(9(14)11-7)8-2-1-6(5-13)15-8;/h3-4,6,8,13H,1-2,5H2,(H2,10,11,14);1H2/t6-,8+;/m0./s1. The Morgan fingerprint density at radius 3 is 2.94 bits per heavy atom. The van der Waals surface area contributed by atoms with E-state index in [1.807, 2.05) is 0 Å². The highest BCUT2D eigenvalue weighted by atomic mass is 32.1. The maximum absolute atomic E-state index is 11.5. The van der Waals surface area contributed by atoms with E-state index in [-0.39, 0.29) is 38.3 Å². The van der Waals surface area contributed by atoms with Crippen molar-refractivity contribution in [1.29, 1.82) is 0 Å². The van der Waals surface area contributed by atoms with E-state index < -0.39 is 5.69 Å². The highest BCUT2D eigenvalue weighted by Gasteiger charge is 2.26. The zero-order valence-corrected chi connectivity index (χ0v) is 9.67. The van der Waals surface area contributed by atoms with Gasteiger partial charge in [-0.3, -0.25) is 4.57 Å². The number of nitrogens with two attached hydrogens (primary N) is 1. The molecule has 2 rings (SSSR count). The lowest BCUT2D eigenvalue weighted by Crippen LogP contribution is -2.27. The first kappa shape index (κ1) is 13.0. The van der Waals surface area contributed by atoms with Gasteiger partial charge in [0.1, 0.15) is 12.0 Å². The van der Waals surface area contributed by atoms with Crippen LogP contribution in [0.2, 0.25) is 0 Å². The van der Waals surface area contributed by atoms with Gasteiger partial charge in [-0.15, -0.1) is 0 Å². The van der Waals surface area contributed by atoms with E-state index in [1.54, 1.807) is 12.3 Å². The molecule has 7 heteroatoms. The summed E-state index contributed by atoms with van der Waals surface area (Å²) in [6.07, 6.45) is 2.51. The third-order valence-corrected chi connectivity index (χ3v) is 2.45. The number of aliphatic hydroxyl groups is 1. The van der Waals surface area contributed by atoms with Gasteiger partial charge >= 0.3 is 5.69 Å². The zero-order chi connectivity index (χ0) is 10.8. The van der Waals surface area contributed by atoms with Crippen molar-refractivity contribution in [1.82, 2.24) is 9.55 Å². The van der Waals surface area contributed by atoms with Crippen LogP contribution < -0.4 is 11.4 Å². The van der Waals surface area contributed by atoms with Crippen LogP contribution in [0.3, 0.4) is 0 Å². The average Bonchev–Trinajstić information content (AvgIpc) is 2.66. The van der Waals surface area contributed by atoms with Gasteiger partial charge in [0.15, 0.2) is 0 Å². The van der Waals surface area contributed by atoms with Crippen molar-refractivity contribution in [3.8, 4) is 0 Å². The zero-order valence-electron chi connectivity index (χ0n) is 8.67. The first-order chi connectivity index (χ1) is 7.20. The van der Waals surface area contributed by atoms with E-state index in [4.69, 9.17) is 15.6 Å². The highest BCUT2D eigenvalue weighted by Crippen LogP contribution is 2.26. The molecule has 3 N–H and O–H groups in total. The van der Waals surface area contributed by atoms with E-state index in [2.05, 4.69) is 4.98 Å². The number of rotatable bonds is 2. The fraction of sp³-hybridized carbons (Fsp3) is 0.556. The molecular weight excluding hydrogens is 230 g/mol. The van der Waals surface area contributed by atoms with Gasteiger partial charge in [-0.25, -0.2) is 4.79 Å². The van der Waals surface area contributed by atoms with Crippen molar-refractivity contribution in [3.63, 3.8) is 0 Å². The molecule has 1 aromatic heterocycles. The quantitative estimate of drug-likeness (QED) is 0.740. The number of aromatic nitrogens is 2. The van der Waals surface area contributed by atoms with Crippen molar-refractivity contribution in [2.75, 3.05) is 12.3 Å². The number of nitrogens with zero attached hydrogens (tertiary/aromatic N) is 2. The third kappa shape index (κ3) is 2.55. The summed E-state index contributed by atoms with van der Waals surface area (Å²) in [5, 5.41) is 8.90. The van der Waals surface area contributed by atoms with Gasteiger partial charge in [0.25, 0.3) is 0 Å². The smallest absolute Gasteiger partial charge is 0.351 e. The van der Waals surface area contributed by atoms with Crippen molar-refractivity contribution in [2.24, 2.45) is 0 Å². The summed E-state index contributed by atoms with van der Waals surface area (Å²) in [6, 6.07) is 1.55. The van der Waals surface area contributed by atoms with Crippen molar-refractivity contribution in [2.45, 2.75) is 25.2 Å². The first-order valence-corrected chi connectivity index (χ1v) is 4.81. The Bertz CT molecular complexity index is 409. The van der Waals surface area contributed by atoms with E-state index in [0.29, 0.717) is 6.42 Å². The minimum atomic E-state index is -0.418. The van der Waals surface area contributed by atoms with Crippen LogP contribution in [0, 0.1) is 0 Å². The molecule has 6 nitrogen and oxygen atoms in total. The van der Waals surface area contributed by atoms with Crippen LogP contribution in [0.5, 0.6) is 0 Å². The lowest BCUT2D eigenvalue weighted by molar-refractivity contribution is -0.0245. The Labute approximate surface area is 99.5 Å². The van der Waals surface area contributed by atoms with Gasteiger partial charge in [-0.1, -0.05) is 0 Å². The predicted octanol–water partition coefficient (Wildman–Crippen LogP) is -0.392. The molecule has 90 valence electrons. The van der Waals surface area contributed by atoms with Gasteiger partial charge in [-0.05, 0) is 18.9 Å². The first-order valence-electron chi connectivity index (χ1n) is 4.81. The molecule has 16 heavy (non-hydrogen) atoms. The molecule has 1 fully saturated rings. The lowest BCUT2D eigenvalue weighted by Gasteiger charge is -2.14. The van der Waals surface area contributed by atoms with Crippen molar-refractivity contribution >= 4 is 19.3 Å². The molecule has 0 unspecified atom stereocenters. The van der Waals surface area contributed by atoms with Gasteiger partial charge in [-0.2, -0.15) is 18.5 Å². The second-order valence-corrected chi connectivity index (χ2v) is 3.51. The largest absolute Gasteiger partial charge is 0.394 e. The van der Waals surface area contributed by atoms with Crippen LogP contribution in [0.15, 0.2) is 17.1 Å². The predicted molar refractivity (Wildman–Crippen MR) is 63.5 cm³/mol. The minimum Gasteiger partial charge on any atom is -0.394 e. The summed E-state index contributed by atoms with van der Waals surface area (Å²) in [6.45, 7) is -0.0202. The Morgan fingerprint density at radius 1 is 1.62 bits per heavy atom. The molecule has 1 aliphatic rings. The van der Waals surface area contributed by atoms with E-state index >= 15 is 0 Å². The minimum absolute atomic E-state index is 0. The molecule has 0 aliphatic carbocycles. The molecule has 0 radical (unpaired) electrons. The molecule has 0 spiro atoms. The van der Waals surface area contributed by atoms with Gasteiger partial charge in [0.05, 0.1) is 12.7 Å². The number of aliphatic hydroxyl groups excluding tert-OH is 1. The van der Waals surface area contributed by atoms with Gasteiger partial charge in [0.2, 0.25) is 0 Å². The monoisotopic (exact) mass is 245 g/mol. The van der Waals surface area contributed by atoms with Crippen LogP contribution >= 0.6 is 13.5 Å². The average molecular weight is 245 g/mol. The molecule has 0 amide bonds. The van der Waals surface area contributed by atoms with Crippen molar-refractivity contribution in [3.05, 3.63) is 22.7 Å². The number of hydrogen-bond acceptors (Lipinski definition) is 5. The normalized spacial score (nSPS) is 24.1. The van der Waals surface area contributed by atoms with Crippen LogP contribution in [0.1, 0.15) is 19.1 Å². The third-order valence-electron chi connectivity index (χ3n) is 2.45. The summed E-state index contributed by atoms with van der Waals surface area (Å²) in [5.41, 5.74) is 4.96. The highest BCUT2D eigenvalue weighted by molar-refractivity contribution is 7.59. The van der Waals surface area contributed by atoms with Crippen LogP contribution in [-0.2, 0) is 4.74 Å². The molecule has 1 aromatic rings. The SMILES string of the molecule is Nc1ccn([C@H]2CC[C@@H](CO)O2)c(=O)n1.S. The second kappa shape index (κ2) is 5.33. The summed E-state index contributed by atoms with van der Waals surface area (Å²) >= 11 is 0. The summed E-state index contributed by atoms with van der Waals surface area (Å²) in [4.78, 5) is 15.1. The van der Waals surface area contributed by atoms with E-state index in [9.17, 15) is 4.79 Å². The number of hydrogen-bond donors (Lipinski definition) is 2. The van der Waals surface area contributed by atoms with E-state index in [1.165, 1.54) is 4.57 Å². The summed E-state index contributed by atoms with van der Waals surface area (Å²) < 4.78 is 6.84. The molecule has 2 heterocycles. The number of ether oxygens (including phenoxy) is 1. The van der Waals surface area contributed by atoms with E-state index in [0.717, 1.165) is 6.42 Å². The Morgan fingerprint density at radius 2 is 2.38 bits per heavy atom. The molecule has 1 saturated heterocycles. The van der Waals surface area contributed by atoms with Crippen molar-refractivity contribution < 1.29 is 9.84 Å². The maximum Gasteiger partial charge on any atom is 0.351 e. The van der Waals surface area contributed by atoms with Gasteiger partial charge in [0, 0.05) is 6.20 Å². The van der Waals surface area contributed by atoms with Crippen LogP contribution in [0.25, 0.3) is 0 Å². The Kier molecular flexibility index (Phi) is 4.34. The topological polar surface area (TPSA) is 90.4 Å². The molecule has 1 aliphatic heterocycles. The number of anilines is 1. The second-order valence-electron chi connectivity index (χ2n) is 3.51. The molecule has 2 atom stereocenters. The summed E-state index contributed by atoms with van der Waals surface area (Å²) in [7, 11) is 0. The van der Waals surface area contributed by atoms with Gasteiger partial charge < -0.3 is 15.6 Å². The Hall–Kier alpha value is -1.05. The molecule has 0 bridgehead atoms.